The van der Waals surface area contributed by atoms with Gasteiger partial charge in [-0.1, -0.05) is 59.6 Å². The average Bonchev–Trinajstić information content (AvgIpc) is 3.08. The summed E-state index contributed by atoms with van der Waals surface area (Å²) in [5, 5.41) is -0.212. The van der Waals surface area contributed by atoms with Crippen LogP contribution in [0, 0.1) is 6.92 Å². The number of imide groups is 1. The van der Waals surface area contributed by atoms with Gasteiger partial charge in [0.1, 0.15) is 0 Å². The Balaban J connectivity index is 1.56. The van der Waals surface area contributed by atoms with Crippen LogP contribution in [0.15, 0.2) is 71.6 Å². The van der Waals surface area contributed by atoms with E-state index in [1.165, 1.54) is 12.0 Å². The van der Waals surface area contributed by atoms with Crippen LogP contribution in [-0.4, -0.2) is 29.1 Å². The van der Waals surface area contributed by atoms with E-state index in [1.54, 1.807) is 30.3 Å². The summed E-state index contributed by atoms with van der Waals surface area (Å²) in [4.78, 5) is 39.3. The molecule has 0 aromatic heterocycles. The van der Waals surface area contributed by atoms with E-state index in [2.05, 4.69) is 0 Å². The molecule has 8 heteroatoms. The molecule has 6 nitrogen and oxygen atoms in total. The quantitative estimate of drug-likeness (QED) is 0.234. The minimum absolute atomic E-state index is 0.0732. The SMILES string of the molecule is COc1cc(/C=C2\SC(=O)N(Cc3ccccc3)C2=O)cc(Cl)c1OC(=O)c1ccc(C)cc1. The van der Waals surface area contributed by atoms with Gasteiger partial charge in [-0.05, 0) is 60.2 Å². The van der Waals surface area contributed by atoms with Gasteiger partial charge in [0.15, 0.2) is 11.5 Å². The molecular formula is C26H20ClNO5S. The number of nitrogens with zero attached hydrogens (tertiary/aromatic N) is 1. The van der Waals surface area contributed by atoms with E-state index in [1.807, 2.05) is 49.4 Å². The Morgan fingerprint density at radius 2 is 1.76 bits per heavy atom. The number of thioether (sulfide) groups is 1. The van der Waals surface area contributed by atoms with E-state index >= 15 is 0 Å². The Morgan fingerprint density at radius 1 is 1.06 bits per heavy atom. The molecule has 0 spiro atoms. The van der Waals surface area contributed by atoms with E-state index in [-0.39, 0.29) is 39.1 Å². The van der Waals surface area contributed by atoms with Gasteiger partial charge in [-0.2, -0.15) is 0 Å². The third-order valence-corrected chi connectivity index (χ3v) is 6.28. The zero-order valence-corrected chi connectivity index (χ0v) is 20.0. The summed E-state index contributed by atoms with van der Waals surface area (Å²) < 4.78 is 10.9. The minimum Gasteiger partial charge on any atom is -0.493 e. The summed E-state index contributed by atoms with van der Waals surface area (Å²) in [6.45, 7) is 2.12. The number of benzene rings is 3. The van der Waals surface area contributed by atoms with E-state index in [4.69, 9.17) is 21.1 Å². The van der Waals surface area contributed by atoms with Crippen molar-refractivity contribution < 1.29 is 23.9 Å². The van der Waals surface area contributed by atoms with Crippen molar-refractivity contribution in [2.45, 2.75) is 13.5 Å². The van der Waals surface area contributed by atoms with Crippen LogP contribution in [0.1, 0.15) is 27.0 Å². The summed E-state index contributed by atoms with van der Waals surface area (Å²) in [5.41, 5.74) is 2.78. The molecule has 3 aromatic rings. The van der Waals surface area contributed by atoms with E-state index in [0.29, 0.717) is 11.1 Å². The molecule has 3 aromatic carbocycles. The van der Waals surface area contributed by atoms with Crippen LogP contribution in [-0.2, 0) is 11.3 Å². The highest BCUT2D eigenvalue weighted by atomic mass is 35.5. The molecule has 34 heavy (non-hydrogen) atoms. The Kier molecular flexibility index (Phi) is 7.05. The number of amides is 2. The van der Waals surface area contributed by atoms with Gasteiger partial charge in [-0.15, -0.1) is 0 Å². The van der Waals surface area contributed by atoms with Gasteiger partial charge < -0.3 is 9.47 Å². The molecule has 0 unspecified atom stereocenters. The fourth-order valence-electron chi connectivity index (χ4n) is 3.32. The zero-order chi connectivity index (χ0) is 24.2. The smallest absolute Gasteiger partial charge is 0.343 e. The number of hydrogen-bond acceptors (Lipinski definition) is 6. The molecule has 0 atom stereocenters. The van der Waals surface area contributed by atoms with Crippen LogP contribution in [0.5, 0.6) is 11.5 Å². The van der Waals surface area contributed by atoms with E-state index in [9.17, 15) is 14.4 Å². The molecule has 1 aliphatic heterocycles. The Hall–Kier alpha value is -3.55. The van der Waals surface area contributed by atoms with Crippen molar-refractivity contribution in [3.05, 3.63) is 98.9 Å². The van der Waals surface area contributed by atoms with Gasteiger partial charge in [-0.25, -0.2) is 4.79 Å². The summed E-state index contributed by atoms with van der Waals surface area (Å²) in [6, 6.07) is 19.4. The first-order chi connectivity index (χ1) is 16.4. The summed E-state index contributed by atoms with van der Waals surface area (Å²) in [6.07, 6.45) is 1.57. The highest BCUT2D eigenvalue weighted by Gasteiger charge is 2.35. The van der Waals surface area contributed by atoms with Crippen molar-refractivity contribution in [3.63, 3.8) is 0 Å². The van der Waals surface area contributed by atoms with Crippen LogP contribution in [0.3, 0.4) is 0 Å². The maximum atomic E-state index is 12.8. The molecule has 1 heterocycles. The van der Waals surface area contributed by atoms with Gasteiger partial charge in [-0.3, -0.25) is 14.5 Å². The fraction of sp³-hybridized carbons (Fsp3) is 0.115. The summed E-state index contributed by atoms with van der Waals surface area (Å²) in [5.74, 6) is -0.661. The molecule has 2 amide bonds. The largest absolute Gasteiger partial charge is 0.493 e. The predicted octanol–water partition coefficient (Wildman–Crippen LogP) is 6.11. The van der Waals surface area contributed by atoms with E-state index < -0.39 is 5.97 Å². The van der Waals surface area contributed by atoms with Crippen LogP contribution in [0.25, 0.3) is 6.08 Å². The number of halogens is 1. The molecule has 1 aliphatic rings. The van der Waals surface area contributed by atoms with Gasteiger partial charge in [0.05, 0.1) is 29.1 Å². The van der Waals surface area contributed by atoms with E-state index in [0.717, 1.165) is 22.9 Å². The lowest BCUT2D eigenvalue weighted by Gasteiger charge is -2.13. The van der Waals surface area contributed by atoms with Crippen molar-refractivity contribution in [1.29, 1.82) is 0 Å². The van der Waals surface area contributed by atoms with Crippen LogP contribution in [0.2, 0.25) is 5.02 Å². The molecule has 172 valence electrons. The van der Waals surface area contributed by atoms with Crippen LogP contribution >= 0.6 is 23.4 Å². The molecule has 0 aliphatic carbocycles. The number of esters is 1. The van der Waals surface area contributed by atoms with Gasteiger partial charge in [0, 0.05) is 0 Å². The third kappa shape index (κ3) is 5.16. The second-order valence-electron chi connectivity index (χ2n) is 7.54. The normalized spacial score (nSPS) is 14.6. The number of carbonyl (C=O) groups excluding carboxylic acids is 3. The standard InChI is InChI=1S/C26H20ClNO5S/c1-16-8-10-19(11-9-16)25(30)33-23-20(27)12-18(13-21(23)32-2)14-22-24(29)28(26(31)34-22)15-17-6-4-3-5-7-17/h3-14H,15H2,1-2H3/b22-14-. The number of carbonyl (C=O) groups is 3. The Bertz CT molecular complexity index is 1290. The fourth-order valence-corrected chi connectivity index (χ4v) is 4.41. The highest BCUT2D eigenvalue weighted by Crippen LogP contribution is 2.39. The summed E-state index contributed by atoms with van der Waals surface area (Å²) in [7, 11) is 1.42. The van der Waals surface area contributed by atoms with Crippen LogP contribution in [0.4, 0.5) is 4.79 Å². The lowest BCUT2D eigenvalue weighted by molar-refractivity contribution is -0.123. The zero-order valence-electron chi connectivity index (χ0n) is 18.4. The number of rotatable bonds is 6. The molecule has 0 radical (unpaired) electrons. The van der Waals surface area contributed by atoms with Gasteiger partial charge in [0.25, 0.3) is 11.1 Å². The monoisotopic (exact) mass is 493 g/mol. The molecular weight excluding hydrogens is 474 g/mol. The van der Waals surface area contributed by atoms with Crippen molar-refractivity contribution in [2.24, 2.45) is 0 Å². The van der Waals surface area contributed by atoms with Crippen molar-refractivity contribution in [3.8, 4) is 11.5 Å². The lowest BCUT2D eigenvalue weighted by atomic mass is 10.1. The molecule has 0 saturated carbocycles. The third-order valence-electron chi connectivity index (χ3n) is 5.09. The maximum Gasteiger partial charge on any atom is 0.343 e. The molecule has 1 saturated heterocycles. The van der Waals surface area contributed by atoms with Crippen molar-refractivity contribution >= 4 is 46.6 Å². The first-order valence-corrected chi connectivity index (χ1v) is 11.5. The number of methoxy groups -OCH3 is 1. The minimum atomic E-state index is -0.574. The average molecular weight is 494 g/mol. The molecule has 0 bridgehead atoms. The van der Waals surface area contributed by atoms with Gasteiger partial charge in [0.2, 0.25) is 0 Å². The summed E-state index contributed by atoms with van der Waals surface area (Å²) >= 11 is 7.26. The highest BCUT2D eigenvalue weighted by molar-refractivity contribution is 8.18. The van der Waals surface area contributed by atoms with Gasteiger partial charge >= 0.3 is 5.97 Å². The second kappa shape index (κ2) is 10.2. The Labute approximate surface area is 206 Å². The Morgan fingerprint density at radius 3 is 2.44 bits per heavy atom. The number of aryl methyl sites for hydroxylation is 1. The number of ether oxygens (including phenoxy) is 2. The van der Waals surface area contributed by atoms with Crippen LogP contribution < -0.4 is 9.47 Å². The topological polar surface area (TPSA) is 72.9 Å². The second-order valence-corrected chi connectivity index (χ2v) is 8.94. The molecule has 0 N–H and O–H groups in total. The van der Waals surface area contributed by atoms with Crippen molar-refractivity contribution in [1.82, 2.24) is 4.90 Å². The maximum absolute atomic E-state index is 12.8. The first-order valence-electron chi connectivity index (χ1n) is 10.3. The molecule has 4 rings (SSSR count). The predicted molar refractivity (Wildman–Crippen MR) is 132 cm³/mol. The number of hydrogen-bond donors (Lipinski definition) is 0. The first kappa shape index (κ1) is 23.6. The lowest BCUT2D eigenvalue weighted by Crippen LogP contribution is -2.27. The molecule has 1 fully saturated rings. The van der Waals surface area contributed by atoms with Crippen molar-refractivity contribution in [2.75, 3.05) is 7.11 Å².